The molecule has 14 heavy (non-hydrogen) atoms. The zero-order valence-corrected chi connectivity index (χ0v) is 9.89. The minimum Gasteiger partial charge on any atom is -0.320 e. The molecule has 0 aromatic carbocycles. The van der Waals surface area contributed by atoms with Crippen molar-refractivity contribution < 1.29 is 0 Å². The molecule has 1 aliphatic rings. The first-order valence-electron chi connectivity index (χ1n) is 6.23. The standard InChI is InChI=1S/C12H26N2/c1-3-5-12-6-10-14(11-7-12)9-4-8-13-2/h12-13H,3-11H2,1-2H3. The molecule has 1 saturated heterocycles. The van der Waals surface area contributed by atoms with Gasteiger partial charge < -0.3 is 10.2 Å². The highest BCUT2D eigenvalue weighted by Crippen LogP contribution is 2.21. The summed E-state index contributed by atoms with van der Waals surface area (Å²) >= 11 is 0. The minimum atomic E-state index is 1.03. The van der Waals surface area contributed by atoms with Crippen molar-refractivity contribution in [2.45, 2.75) is 39.0 Å². The molecule has 0 atom stereocenters. The van der Waals surface area contributed by atoms with Crippen LogP contribution in [0.1, 0.15) is 39.0 Å². The van der Waals surface area contributed by atoms with Gasteiger partial charge in [-0.3, -0.25) is 0 Å². The Bertz CT molecular complexity index is 128. The highest BCUT2D eigenvalue weighted by atomic mass is 15.1. The molecule has 0 unspecified atom stereocenters. The molecule has 1 heterocycles. The highest BCUT2D eigenvalue weighted by molar-refractivity contribution is 4.71. The maximum atomic E-state index is 3.21. The van der Waals surface area contributed by atoms with E-state index in [4.69, 9.17) is 0 Å². The van der Waals surface area contributed by atoms with Crippen LogP contribution in [0.3, 0.4) is 0 Å². The molecule has 1 fully saturated rings. The molecule has 1 aliphatic heterocycles. The average molecular weight is 198 g/mol. The zero-order valence-electron chi connectivity index (χ0n) is 9.89. The lowest BCUT2D eigenvalue weighted by atomic mass is 9.92. The molecule has 0 aromatic rings. The molecule has 0 saturated carbocycles. The Morgan fingerprint density at radius 2 is 2.00 bits per heavy atom. The maximum absolute atomic E-state index is 3.21. The Morgan fingerprint density at radius 3 is 2.57 bits per heavy atom. The van der Waals surface area contributed by atoms with Crippen LogP contribution in [0.4, 0.5) is 0 Å². The molecule has 0 spiro atoms. The van der Waals surface area contributed by atoms with Gasteiger partial charge in [0.05, 0.1) is 0 Å². The Hall–Kier alpha value is -0.0800. The lowest BCUT2D eigenvalue weighted by Gasteiger charge is -2.31. The summed E-state index contributed by atoms with van der Waals surface area (Å²) in [5, 5.41) is 3.21. The second-order valence-electron chi connectivity index (χ2n) is 4.53. The maximum Gasteiger partial charge on any atom is -0.000664 e. The Labute approximate surface area is 89.1 Å². The van der Waals surface area contributed by atoms with Crippen molar-refractivity contribution in [1.82, 2.24) is 10.2 Å². The normalized spacial score (nSPS) is 20.1. The van der Waals surface area contributed by atoms with E-state index in [2.05, 4.69) is 17.1 Å². The summed E-state index contributed by atoms with van der Waals surface area (Å²) in [5.41, 5.74) is 0. The van der Waals surface area contributed by atoms with Gasteiger partial charge in [0, 0.05) is 0 Å². The van der Waals surface area contributed by atoms with Crippen LogP contribution in [0.15, 0.2) is 0 Å². The summed E-state index contributed by atoms with van der Waals surface area (Å²) in [7, 11) is 2.04. The summed E-state index contributed by atoms with van der Waals surface area (Å²) < 4.78 is 0. The number of likely N-dealkylation sites (tertiary alicyclic amines) is 1. The molecule has 0 aliphatic carbocycles. The fourth-order valence-corrected chi connectivity index (χ4v) is 2.39. The van der Waals surface area contributed by atoms with E-state index in [0.717, 1.165) is 12.5 Å². The Kier molecular flexibility index (Phi) is 6.20. The number of nitrogens with zero attached hydrogens (tertiary/aromatic N) is 1. The van der Waals surface area contributed by atoms with Crippen LogP contribution < -0.4 is 5.32 Å². The molecular formula is C12H26N2. The third-order valence-corrected chi connectivity index (χ3v) is 3.31. The van der Waals surface area contributed by atoms with Gasteiger partial charge in [-0.05, 0) is 58.4 Å². The number of rotatable bonds is 6. The lowest BCUT2D eigenvalue weighted by Crippen LogP contribution is -2.35. The van der Waals surface area contributed by atoms with Crippen molar-refractivity contribution in [2.75, 3.05) is 33.2 Å². The number of nitrogens with one attached hydrogen (secondary N) is 1. The fourth-order valence-electron chi connectivity index (χ4n) is 2.39. The summed E-state index contributed by atoms with van der Waals surface area (Å²) in [4.78, 5) is 2.63. The van der Waals surface area contributed by atoms with Gasteiger partial charge in [0.2, 0.25) is 0 Å². The molecular weight excluding hydrogens is 172 g/mol. The molecule has 2 heteroatoms. The largest absolute Gasteiger partial charge is 0.320 e. The van der Waals surface area contributed by atoms with E-state index in [1.54, 1.807) is 0 Å². The molecule has 0 amide bonds. The van der Waals surface area contributed by atoms with Crippen molar-refractivity contribution in [2.24, 2.45) is 5.92 Å². The number of hydrogen-bond acceptors (Lipinski definition) is 2. The van der Waals surface area contributed by atoms with E-state index >= 15 is 0 Å². The highest BCUT2D eigenvalue weighted by Gasteiger charge is 2.17. The van der Waals surface area contributed by atoms with Crippen LogP contribution in [0, 0.1) is 5.92 Å². The lowest BCUT2D eigenvalue weighted by molar-refractivity contribution is 0.177. The third kappa shape index (κ3) is 4.43. The first-order valence-corrected chi connectivity index (χ1v) is 6.23. The predicted octanol–water partition coefficient (Wildman–Crippen LogP) is 2.11. The molecule has 1 N–H and O–H groups in total. The van der Waals surface area contributed by atoms with Crippen molar-refractivity contribution in [1.29, 1.82) is 0 Å². The van der Waals surface area contributed by atoms with Gasteiger partial charge in [-0.2, -0.15) is 0 Å². The molecule has 0 radical (unpaired) electrons. The van der Waals surface area contributed by atoms with E-state index in [9.17, 15) is 0 Å². The van der Waals surface area contributed by atoms with E-state index in [0.29, 0.717) is 0 Å². The molecule has 84 valence electrons. The van der Waals surface area contributed by atoms with Crippen molar-refractivity contribution in [3.63, 3.8) is 0 Å². The predicted molar refractivity (Wildman–Crippen MR) is 62.6 cm³/mol. The van der Waals surface area contributed by atoms with Gasteiger partial charge in [0.1, 0.15) is 0 Å². The van der Waals surface area contributed by atoms with Gasteiger partial charge >= 0.3 is 0 Å². The monoisotopic (exact) mass is 198 g/mol. The SMILES string of the molecule is CCCC1CCN(CCCNC)CC1. The number of hydrogen-bond donors (Lipinski definition) is 1. The van der Waals surface area contributed by atoms with Crippen LogP contribution in [0.5, 0.6) is 0 Å². The smallest absolute Gasteiger partial charge is 0.000664 e. The first kappa shape index (κ1) is 12.0. The molecule has 0 bridgehead atoms. The van der Waals surface area contributed by atoms with E-state index in [-0.39, 0.29) is 0 Å². The van der Waals surface area contributed by atoms with Gasteiger partial charge in [-0.15, -0.1) is 0 Å². The van der Waals surface area contributed by atoms with Crippen LogP contribution in [0.2, 0.25) is 0 Å². The molecule has 2 nitrogen and oxygen atoms in total. The minimum absolute atomic E-state index is 1.03. The second kappa shape index (κ2) is 7.24. The first-order chi connectivity index (χ1) is 6.86. The second-order valence-corrected chi connectivity index (χ2v) is 4.53. The van der Waals surface area contributed by atoms with E-state index < -0.39 is 0 Å². The summed E-state index contributed by atoms with van der Waals surface area (Å²) in [6.45, 7) is 7.44. The van der Waals surface area contributed by atoms with Gasteiger partial charge in [0.15, 0.2) is 0 Å². The quantitative estimate of drug-likeness (QED) is 0.658. The Morgan fingerprint density at radius 1 is 1.29 bits per heavy atom. The van der Waals surface area contributed by atoms with E-state index in [1.165, 1.54) is 51.7 Å². The Balaban J connectivity index is 2.03. The van der Waals surface area contributed by atoms with Crippen LogP contribution in [0.25, 0.3) is 0 Å². The van der Waals surface area contributed by atoms with Crippen LogP contribution in [-0.2, 0) is 0 Å². The molecule has 1 rings (SSSR count). The zero-order chi connectivity index (χ0) is 10.2. The number of piperidine rings is 1. The van der Waals surface area contributed by atoms with Gasteiger partial charge in [0.25, 0.3) is 0 Å². The van der Waals surface area contributed by atoms with Crippen LogP contribution in [-0.4, -0.2) is 38.1 Å². The summed E-state index contributed by atoms with van der Waals surface area (Å²) in [6, 6.07) is 0. The average Bonchev–Trinajstić information content (AvgIpc) is 2.21. The molecule has 0 aromatic heterocycles. The van der Waals surface area contributed by atoms with Gasteiger partial charge in [-0.1, -0.05) is 19.8 Å². The van der Waals surface area contributed by atoms with Crippen molar-refractivity contribution >= 4 is 0 Å². The van der Waals surface area contributed by atoms with Crippen LogP contribution >= 0.6 is 0 Å². The fraction of sp³-hybridized carbons (Fsp3) is 1.00. The van der Waals surface area contributed by atoms with Crippen molar-refractivity contribution in [3.8, 4) is 0 Å². The van der Waals surface area contributed by atoms with E-state index in [1.807, 2.05) is 7.05 Å². The third-order valence-electron chi connectivity index (χ3n) is 3.31. The van der Waals surface area contributed by atoms with Crippen molar-refractivity contribution in [3.05, 3.63) is 0 Å². The summed E-state index contributed by atoms with van der Waals surface area (Å²) in [5.74, 6) is 1.03. The van der Waals surface area contributed by atoms with Gasteiger partial charge in [-0.25, -0.2) is 0 Å². The summed E-state index contributed by atoms with van der Waals surface area (Å²) in [6.07, 6.45) is 6.99. The topological polar surface area (TPSA) is 15.3 Å².